The lowest BCUT2D eigenvalue weighted by atomic mass is 10.1. The second-order valence-corrected chi connectivity index (χ2v) is 3.55. The third-order valence-corrected chi connectivity index (χ3v) is 2.48. The van der Waals surface area contributed by atoms with Crippen molar-refractivity contribution < 1.29 is 0 Å². The molecule has 0 aliphatic rings. The summed E-state index contributed by atoms with van der Waals surface area (Å²) < 4.78 is 0. The highest BCUT2D eigenvalue weighted by Crippen LogP contribution is 2.18. The Morgan fingerprint density at radius 2 is 2.36 bits per heavy atom. The third kappa shape index (κ3) is 2.02. The van der Waals surface area contributed by atoms with Gasteiger partial charge in [0, 0.05) is 12.6 Å². The molecule has 1 rings (SSSR count). The average molecular weight is 170 g/mol. The summed E-state index contributed by atoms with van der Waals surface area (Å²) in [6.07, 6.45) is 0. The van der Waals surface area contributed by atoms with Crippen molar-refractivity contribution in [2.45, 2.75) is 6.04 Å². The van der Waals surface area contributed by atoms with Gasteiger partial charge in [0.1, 0.15) is 0 Å². The first kappa shape index (κ1) is 8.71. The van der Waals surface area contributed by atoms with Crippen molar-refractivity contribution >= 4 is 11.3 Å². The van der Waals surface area contributed by atoms with Gasteiger partial charge in [-0.05, 0) is 36.5 Å². The molecule has 1 aromatic rings. The van der Waals surface area contributed by atoms with Crippen molar-refractivity contribution in [2.24, 2.45) is 5.73 Å². The van der Waals surface area contributed by atoms with Gasteiger partial charge in [0.2, 0.25) is 0 Å². The van der Waals surface area contributed by atoms with E-state index in [-0.39, 0.29) is 0 Å². The topological polar surface area (TPSA) is 29.3 Å². The minimum atomic E-state index is 0.376. The van der Waals surface area contributed by atoms with Crippen molar-refractivity contribution in [1.82, 2.24) is 4.90 Å². The molecule has 0 saturated heterocycles. The molecule has 3 heteroatoms. The number of likely N-dealkylation sites (N-methyl/N-ethyl adjacent to an activating group) is 1. The highest BCUT2D eigenvalue weighted by Gasteiger charge is 2.10. The summed E-state index contributed by atoms with van der Waals surface area (Å²) in [5.41, 5.74) is 6.95. The van der Waals surface area contributed by atoms with Crippen LogP contribution in [-0.2, 0) is 0 Å². The lowest BCUT2D eigenvalue weighted by Crippen LogP contribution is -2.26. The molecular weight excluding hydrogens is 156 g/mol. The number of nitrogens with zero attached hydrogens (tertiary/aromatic N) is 1. The molecule has 0 saturated carbocycles. The first-order valence-electron chi connectivity index (χ1n) is 3.64. The van der Waals surface area contributed by atoms with E-state index < -0.39 is 0 Å². The molecule has 0 bridgehead atoms. The van der Waals surface area contributed by atoms with Gasteiger partial charge in [-0.3, -0.25) is 0 Å². The quantitative estimate of drug-likeness (QED) is 0.741. The van der Waals surface area contributed by atoms with E-state index in [1.165, 1.54) is 5.56 Å². The van der Waals surface area contributed by atoms with Crippen LogP contribution in [0.25, 0.3) is 0 Å². The van der Waals surface area contributed by atoms with Crippen molar-refractivity contribution in [3.63, 3.8) is 0 Å². The van der Waals surface area contributed by atoms with E-state index in [0.717, 1.165) is 0 Å². The first-order chi connectivity index (χ1) is 5.25. The van der Waals surface area contributed by atoms with Gasteiger partial charge in [-0.25, -0.2) is 0 Å². The van der Waals surface area contributed by atoms with Crippen molar-refractivity contribution in [3.05, 3.63) is 22.4 Å². The van der Waals surface area contributed by atoms with E-state index in [0.29, 0.717) is 12.6 Å². The smallest absolute Gasteiger partial charge is 0.0472 e. The third-order valence-electron chi connectivity index (χ3n) is 1.77. The Morgan fingerprint density at radius 1 is 1.64 bits per heavy atom. The van der Waals surface area contributed by atoms with Crippen molar-refractivity contribution in [1.29, 1.82) is 0 Å². The molecule has 2 N–H and O–H groups in total. The zero-order valence-electron chi connectivity index (χ0n) is 6.95. The zero-order chi connectivity index (χ0) is 8.27. The van der Waals surface area contributed by atoms with Crippen molar-refractivity contribution in [3.8, 4) is 0 Å². The number of rotatable bonds is 3. The highest BCUT2D eigenvalue weighted by molar-refractivity contribution is 7.07. The van der Waals surface area contributed by atoms with E-state index in [4.69, 9.17) is 5.73 Å². The molecule has 1 aromatic heterocycles. The van der Waals surface area contributed by atoms with E-state index in [9.17, 15) is 0 Å². The van der Waals surface area contributed by atoms with E-state index in [2.05, 4.69) is 35.8 Å². The van der Waals surface area contributed by atoms with Crippen LogP contribution in [0.1, 0.15) is 11.6 Å². The standard InChI is InChI=1S/C8H14N2S/c1-10(2)8(5-9)7-3-4-11-6-7/h3-4,6,8H,5,9H2,1-2H3/t8-/m1/s1. The maximum absolute atomic E-state index is 5.63. The Labute approximate surface area is 71.6 Å². The zero-order valence-corrected chi connectivity index (χ0v) is 7.77. The molecule has 0 amide bonds. The Kier molecular flexibility index (Phi) is 3.05. The van der Waals surface area contributed by atoms with E-state index in [1.807, 2.05) is 0 Å². The molecule has 0 radical (unpaired) electrons. The normalized spacial score (nSPS) is 13.8. The molecule has 1 heterocycles. The summed E-state index contributed by atoms with van der Waals surface area (Å²) in [6, 6.07) is 2.50. The summed E-state index contributed by atoms with van der Waals surface area (Å²) in [5, 5.41) is 4.24. The number of thiophene rings is 1. The van der Waals surface area contributed by atoms with Gasteiger partial charge in [0.05, 0.1) is 0 Å². The van der Waals surface area contributed by atoms with Gasteiger partial charge >= 0.3 is 0 Å². The monoisotopic (exact) mass is 170 g/mol. The SMILES string of the molecule is CN(C)[C@H](CN)c1ccsc1. The fourth-order valence-corrected chi connectivity index (χ4v) is 1.82. The van der Waals surface area contributed by atoms with Crippen LogP contribution < -0.4 is 5.73 Å². The van der Waals surface area contributed by atoms with Crippen LogP contribution in [-0.4, -0.2) is 25.5 Å². The van der Waals surface area contributed by atoms with Gasteiger partial charge in [0.15, 0.2) is 0 Å². The van der Waals surface area contributed by atoms with Crippen LogP contribution in [0.3, 0.4) is 0 Å². The molecule has 62 valence electrons. The minimum Gasteiger partial charge on any atom is -0.329 e. The summed E-state index contributed by atoms with van der Waals surface area (Å²) in [5.74, 6) is 0. The Hall–Kier alpha value is -0.380. The van der Waals surface area contributed by atoms with Gasteiger partial charge in [-0.1, -0.05) is 0 Å². The average Bonchev–Trinajstić information content (AvgIpc) is 2.40. The van der Waals surface area contributed by atoms with Crippen LogP contribution in [0.2, 0.25) is 0 Å². The summed E-state index contributed by atoms with van der Waals surface area (Å²) in [7, 11) is 4.10. The number of hydrogen-bond donors (Lipinski definition) is 1. The molecule has 0 unspecified atom stereocenters. The lowest BCUT2D eigenvalue weighted by molar-refractivity contribution is 0.306. The van der Waals surface area contributed by atoms with Crippen LogP contribution in [0, 0.1) is 0 Å². The van der Waals surface area contributed by atoms with Crippen LogP contribution in [0.5, 0.6) is 0 Å². The molecule has 0 fully saturated rings. The maximum Gasteiger partial charge on any atom is 0.0472 e. The summed E-state index contributed by atoms with van der Waals surface area (Å²) in [4.78, 5) is 2.14. The molecule has 0 aliphatic carbocycles. The van der Waals surface area contributed by atoms with Gasteiger partial charge in [0.25, 0.3) is 0 Å². The fourth-order valence-electron chi connectivity index (χ4n) is 1.11. The van der Waals surface area contributed by atoms with Gasteiger partial charge in [-0.15, -0.1) is 0 Å². The predicted molar refractivity (Wildman–Crippen MR) is 49.8 cm³/mol. The predicted octanol–water partition coefficient (Wildman–Crippen LogP) is 1.31. The molecule has 2 nitrogen and oxygen atoms in total. The van der Waals surface area contributed by atoms with E-state index >= 15 is 0 Å². The first-order valence-corrected chi connectivity index (χ1v) is 4.58. The fraction of sp³-hybridized carbons (Fsp3) is 0.500. The molecular formula is C8H14N2S. The lowest BCUT2D eigenvalue weighted by Gasteiger charge is -2.21. The maximum atomic E-state index is 5.63. The molecule has 0 aromatic carbocycles. The van der Waals surface area contributed by atoms with Gasteiger partial charge < -0.3 is 10.6 Å². The summed E-state index contributed by atoms with van der Waals surface area (Å²) >= 11 is 1.72. The van der Waals surface area contributed by atoms with Crippen LogP contribution >= 0.6 is 11.3 Å². The van der Waals surface area contributed by atoms with E-state index in [1.54, 1.807) is 11.3 Å². The summed E-state index contributed by atoms with van der Waals surface area (Å²) in [6.45, 7) is 0.684. The Morgan fingerprint density at radius 3 is 2.73 bits per heavy atom. The number of nitrogens with two attached hydrogens (primary N) is 1. The number of hydrogen-bond acceptors (Lipinski definition) is 3. The largest absolute Gasteiger partial charge is 0.329 e. The van der Waals surface area contributed by atoms with Crippen LogP contribution in [0.15, 0.2) is 16.8 Å². The molecule has 1 atom stereocenters. The highest BCUT2D eigenvalue weighted by atomic mass is 32.1. The Balaban J connectivity index is 2.71. The molecule has 11 heavy (non-hydrogen) atoms. The minimum absolute atomic E-state index is 0.376. The Bertz CT molecular complexity index is 194. The molecule has 0 aliphatic heterocycles. The second-order valence-electron chi connectivity index (χ2n) is 2.77. The van der Waals surface area contributed by atoms with Crippen molar-refractivity contribution in [2.75, 3.05) is 20.6 Å². The van der Waals surface area contributed by atoms with Gasteiger partial charge in [-0.2, -0.15) is 11.3 Å². The second kappa shape index (κ2) is 3.85. The molecule has 0 spiro atoms. The van der Waals surface area contributed by atoms with Crippen LogP contribution in [0.4, 0.5) is 0 Å².